The number of hydrogen-bond donors (Lipinski definition) is 1. The zero-order valence-electron chi connectivity index (χ0n) is 12.7. The largest absolute Gasteiger partial charge is 0.387 e. The number of aliphatic hydroxyl groups excluding tert-OH is 1. The summed E-state index contributed by atoms with van der Waals surface area (Å²) in [6.07, 6.45) is -0.613. The lowest BCUT2D eigenvalue weighted by atomic mass is 9.70. The van der Waals surface area contributed by atoms with Crippen LogP contribution in [0.2, 0.25) is 0 Å². The summed E-state index contributed by atoms with van der Waals surface area (Å²) < 4.78 is 0. The maximum absolute atomic E-state index is 11.1. The highest BCUT2D eigenvalue weighted by Crippen LogP contribution is 2.42. The molecule has 3 aromatic carbocycles. The van der Waals surface area contributed by atoms with Crippen LogP contribution in [-0.2, 0) is 5.41 Å². The lowest BCUT2D eigenvalue weighted by molar-refractivity contribution is 0.112. The van der Waals surface area contributed by atoms with Gasteiger partial charge in [-0.05, 0) is 23.6 Å². The van der Waals surface area contributed by atoms with E-state index in [0.717, 1.165) is 16.7 Å². The third-order valence-corrected chi connectivity index (χ3v) is 4.41. The molecule has 1 N–H and O–H groups in total. The Bertz CT molecular complexity index is 665. The predicted molar refractivity (Wildman–Crippen MR) is 90.7 cm³/mol. The zero-order valence-corrected chi connectivity index (χ0v) is 12.7. The molecule has 1 nitrogen and oxygen atoms in total. The molecule has 110 valence electrons. The van der Waals surface area contributed by atoms with Crippen molar-refractivity contribution >= 4 is 0 Å². The van der Waals surface area contributed by atoms with Crippen molar-refractivity contribution in [1.29, 1.82) is 0 Å². The van der Waals surface area contributed by atoms with Gasteiger partial charge in [-0.2, -0.15) is 0 Å². The standard InChI is InChI=1S/C21H20O/c1-21(18-13-7-3-8-14-18,19-15-9-4-10-16-19)20(22)17-11-5-2-6-12-17/h2-16,20,22H,1H3/t20-/m1/s1. The molecule has 1 atom stereocenters. The van der Waals surface area contributed by atoms with Crippen LogP contribution in [-0.4, -0.2) is 5.11 Å². The summed E-state index contributed by atoms with van der Waals surface area (Å²) in [5.74, 6) is 0. The molecule has 0 saturated heterocycles. The molecule has 0 radical (unpaired) electrons. The number of rotatable bonds is 4. The quantitative estimate of drug-likeness (QED) is 0.736. The number of aliphatic hydroxyl groups is 1. The minimum Gasteiger partial charge on any atom is -0.387 e. The molecule has 3 aromatic rings. The highest BCUT2D eigenvalue weighted by Gasteiger charge is 2.37. The van der Waals surface area contributed by atoms with Crippen molar-refractivity contribution in [3.8, 4) is 0 Å². The van der Waals surface area contributed by atoms with Gasteiger partial charge in [-0.3, -0.25) is 0 Å². The number of benzene rings is 3. The Labute approximate surface area is 131 Å². The fraction of sp³-hybridized carbons (Fsp3) is 0.143. The van der Waals surface area contributed by atoms with Gasteiger partial charge in [0.2, 0.25) is 0 Å². The monoisotopic (exact) mass is 288 g/mol. The van der Waals surface area contributed by atoms with Gasteiger partial charge >= 0.3 is 0 Å². The highest BCUT2D eigenvalue weighted by atomic mass is 16.3. The van der Waals surface area contributed by atoms with Crippen molar-refractivity contribution in [2.45, 2.75) is 18.4 Å². The molecule has 0 bridgehead atoms. The van der Waals surface area contributed by atoms with Gasteiger partial charge in [0.15, 0.2) is 0 Å². The van der Waals surface area contributed by atoms with E-state index >= 15 is 0 Å². The second-order valence-corrected chi connectivity index (χ2v) is 5.75. The number of hydrogen-bond acceptors (Lipinski definition) is 1. The molecule has 0 amide bonds. The van der Waals surface area contributed by atoms with Gasteiger partial charge in [0.05, 0.1) is 6.10 Å². The van der Waals surface area contributed by atoms with Crippen LogP contribution in [0.1, 0.15) is 29.7 Å². The average Bonchev–Trinajstić information content (AvgIpc) is 2.62. The first-order valence-electron chi connectivity index (χ1n) is 7.57. The van der Waals surface area contributed by atoms with Crippen molar-refractivity contribution in [2.24, 2.45) is 0 Å². The van der Waals surface area contributed by atoms with Crippen molar-refractivity contribution in [1.82, 2.24) is 0 Å². The van der Waals surface area contributed by atoms with Gasteiger partial charge in [-0.15, -0.1) is 0 Å². The highest BCUT2D eigenvalue weighted by molar-refractivity contribution is 5.42. The minimum atomic E-state index is -0.613. The third-order valence-electron chi connectivity index (χ3n) is 4.41. The van der Waals surface area contributed by atoms with Crippen LogP contribution in [0.25, 0.3) is 0 Å². The predicted octanol–water partition coefficient (Wildman–Crippen LogP) is 4.73. The Morgan fingerprint density at radius 1 is 0.636 bits per heavy atom. The van der Waals surface area contributed by atoms with E-state index in [-0.39, 0.29) is 0 Å². The summed E-state index contributed by atoms with van der Waals surface area (Å²) in [5.41, 5.74) is 2.65. The zero-order chi connectivity index (χ0) is 15.4. The fourth-order valence-corrected chi connectivity index (χ4v) is 3.02. The van der Waals surface area contributed by atoms with Crippen molar-refractivity contribution in [3.05, 3.63) is 108 Å². The van der Waals surface area contributed by atoms with E-state index in [9.17, 15) is 5.11 Å². The smallest absolute Gasteiger partial charge is 0.0924 e. The van der Waals surface area contributed by atoms with Crippen LogP contribution in [0, 0.1) is 0 Å². The Hall–Kier alpha value is -2.38. The van der Waals surface area contributed by atoms with E-state index in [4.69, 9.17) is 0 Å². The maximum atomic E-state index is 11.1. The van der Waals surface area contributed by atoms with E-state index in [1.807, 2.05) is 66.7 Å². The first-order chi connectivity index (χ1) is 10.7. The second-order valence-electron chi connectivity index (χ2n) is 5.75. The SMILES string of the molecule is CC(c1ccccc1)(c1ccccc1)[C@H](O)c1ccccc1. The van der Waals surface area contributed by atoms with Gasteiger partial charge in [0.25, 0.3) is 0 Å². The van der Waals surface area contributed by atoms with E-state index in [2.05, 4.69) is 31.2 Å². The van der Waals surface area contributed by atoms with Crippen LogP contribution in [0.3, 0.4) is 0 Å². The molecule has 0 aliphatic rings. The Morgan fingerprint density at radius 3 is 1.41 bits per heavy atom. The molecule has 1 heteroatoms. The molecule has 0 aliphatic heterocycles. The third kappa shape index (κ3) is 2.56. The van der Waals surface area contributed by atoms with Gasteiger partial charge < -0.3 is 5.11 Å². The molecule has 3 rings (SSSR count). The Morgan fingerprint density at radius 2 is 1.00 bits per heavy atom. The molecular formula is C21H20O. The summed E-state index contributed by atoms with van der Waals surface area (Å²) in [5, 5.41) is 11.1. The molecule has 0 fully saturated rings. The molecular weight excluding hydrogens is 268 g/mol. The molecule has 0 unspecified atom stereocenters. The molecule has 0 aromatic heterocycles. The van der Waals surface area contributed by atoms with E-state index in [1.54, 1.807) is 0 Å². The Balaban J connectivity index is 2.16. The normalized spacial score (nSPS) is 12.8. The van der Waals surface area contributed by atoms with Gasteiger partial charge in [0, 0.05) is 5.41 Å². The van der Waals surface area contributed by atoms with Crippen molar-refractivity contribution in [2.75, 3.05) is 0 Å². The van der Waals surface area contributed by atoms with Crippen LogP contribution >= 0.6 is 0 Å². The summed E-state index contributed by atoms with van der Waals surface area (Å²) in [6.45, 7) is 2.11. The first-order valence-corrected chi connectivity index (χ1v) is 7.57. The molecule has 0 saturated carbocycles. The Kier molecular flexibility index (Phi) is 4.08. The lowest BCUT2D eigenvalue weighted by Gasteiger charge is -2.36. The fourth-order valence-electron chi connectivity index (χ4n) is 3.02. The van der Waals surface area contributed by atoms with Crippen molar-refractivity contribution < 1.29 is 5.11 Å². The summed E-state index contributed by atoms with van der Waals surface area (Å²) >= 11 is 0. The minimum absolute atomic E-state index is 0.496. The molecule has 22 heavy (non-hydrogen) atoms. The van der Waals surface area contributed by atoms with Gasteiger partial charge in [-0.1, -0.05) is 91.0 Å². The molecule has 0 aliphatic carbocycles. The molecule has 0 spiro atoms. The van der Waals surface area contributed by atoms with Crippen LogP contribution < -0.4 is 0 Å². The van der Waals surface area contributed by atoms with E-state index in [1.165, 1.54) is 0 Å². The molecule has 0 heterocycles. The summed E-state index contributed by atoms with van der Waals surface area (Å²) in [7, 11) is 0. The van der Waals surface area contributed by atoms with Crippen molar-refractivity contribution in [3.63, 3.8) is 0 Å². The van der Waals surface area contributed by atoms with Crippen LogP contribution in [0.15, 0.2) is 91.0 Å². The summed E-state index contributed by atoms with van der Waals surface area (Å²) in [4.78, 5) is 0. The van der Waals surface area contributed by atoms with Crippen LogP contribution in [0.4, 0.5) is 0 Å². The first kappa shape index (κ1) is 14.6. The topological polar surface area (TPSA) is 20.2 Å². The van der Waals surface area contributed by atoms with E-state index in [0.29, 0.717) is 0 Å². The van der Waals surface area contributed by atoms with Gasteiger partial charge in [0.1, 0.15) is 0 Å². The van der Waals surface area contributed by atoms with Gasteiger partial charge in [-0.25, -0.2) is 0 Å². The lowest BCUT2D eigenvalue weighted by Crippen LogP contribution is -2.31. The second kappa shape index (κ2) is 6.17. The van der Waals surface area contributed by atoms with E-state index < -0.39 is 11.5 Å². The summed E-state index contributed by atoms with van der Waals surface area (Å²) in [6, 6.07) is 30.3. The average molecular weight is 288 g/mol. The maximum Gasteiger partial charge on any atom is 0.0924 e. The van der Waals surface area contributed by atoms with Crippen LogP contribution in [0.5, 0.6) is 0 Å².